The van der Waals surface area contributed by atoms with Crippen LogP contribution < -0.4 is 11.5 Å². The normalized spacial score (nSPS) is 15.7. The SMILES string of the molecule is COC(=O)C1=C(C)[N+](c2cccc(C(F)(F)F)c2)=C(N)N(C(N)=O)[C@@H]1c1ccc(C#N)cc1C[N+](C)(C)Cc1ccccc1. The van der Waals surface area contributed by atoms with E-state index in [0.29, 0.717) is 34.3 Å². The highest BCUT2D eigenvalue weighted by atomic mass is 19.4. The van der Waals surface area contributed by atoms with Gasteiger partial charge in [-0.3, -0.25) is 5.73 Å². The molecule has 1 heterocycles. The second-order valence-corrected chi connectivity index (χ2v) is 11.1. The third kappa shape index (κ3) is 6.43. The van der Waals surface area contributed by atoms with Gasteiger partial charge in [-0.25, -0.2) is 14.2 Å². The van der Waals surface area contributed by atoms with Crippen molar-refractivity contribution in [3.05, 3.63) is 112 Å². The van der Waals surface area contributed by atoms with Crippen LogP contribution >= 0.6 is 0 Å². The Kier molecular flexibility index (Phi) is 8.83. The van der Waals surface area contributed by atoms with Crippen LogP contribution in [-0.2, 0) is 28.8 Å². The number of ether oxygens (including phenoxy) is 1. The quantitative estimate of drug-likeness (QED) is 0.225. The van der Waals surface area contributed by atoms with Gasteiger partial charge in [-0.05, 0) is 37.3 Å². The molecule has 1 atom stereocenters. The molecule has 0 aliphatic carbocycles. The number of urea groups is 1. The first-order chi connectivity index (χ1) is 20.7. The van der Waals surface area contributed by atoms with Gasteiger partial charge >= 0.3 is 24.1 Å². The molecule has 0 bridgehead atoms. The lowest BCUT2D eigenvalue weighted by molar-refractivity contribution is -0.916. The Hall–Kier alpha value is -5.15. The number of carbonyl (C=O) groups is 2. The zero-order valence-electron chi connectivity index (χ0n) is 24.7. The Bertz CT molecular complexity index is 1710. The van der Waals surface area contributed by atoms with Gasteiger partial charge in [-0.2, -0.15) is 23.3 Å². The summed E-state index contributed by atoms with van der Waals surface area (Å²) in [6.45, 7) is 2.49. The number of nitrogens with two attached hydrogens (primary N) is 2. The number of hydrogen-bond donors (Lipinski definition) is 2. The predicted octanol–water partition coefficient (Wildman–Crippen LogP) is 4.89. The molecule has 228 valence electrons. The number of nitrogens with zero attached hydrogens (tertiary/aromatic N) is 4. The van der Waals surface area contributed by atoms with Crippen molar-refractivity contribution < 1.29 is 36.6 Å². The highest BCUT2D eigenvalue weighted by molar-refractivity contribution is 5.99. The van der Waals surface area contributed by atoms with E-state index in [1.165, 1.54) is 23.6 Å². The molecular weight excluding hydrogens is 573 g/mol. The minimum atomic E-state index is -4.66. The molecule has 9 nitrogen and oxygen atoms in total. The highest BCUT2D eigenvalue weighted by Crippen LogP contribution is 2.40. The van der Waals surface area contributed by atoms with Gasteiger partial charge in [0.2, 0.25) is 0 Å². The molecule has 1 aliphatic rings. The highest BCUT2D eigenvalue weighted by Gasteiger charge is 2.47. The number of primary amides is 1. The topological polar surface area (TPSA) is 125 Å². The van der Waals surface area contributed by atoms with E-state index in [-0.39, 0.29) is 22.9 Å². The number of allylic oxidation sites excluding steroid dienone is 1. The first-order valence-electron chi connectivity index (χ1n) is 13.5. The molecule has 0 radical (unpaired) electrons. The summed E-state index contributed by atoms with van der Waals surface area (Å²) >= 11 is 0. The van der Waals surface area contributed by atoms with Gasteiger partial charge in [0.25, 0.3) is 0 Å². The average Bonchev–Trinajstić information content (AvgIpc) is 2.96. The molecule has 0 aromatic heterocycles. The number of methoxy groups -OCH3 is 1. The number of guanidine groups is 1. The van der Waals surface area contributed by atoms with Gasteiger partial charge in [0.1, 0.15) is 30.4 Å². The van der Waals surface area contributed by atoms with Crippen molar-refractivity contribution in [3.63, 3.8) is 0 Å². The zero-order chi connectivity index (χ0) is 32.4. The number of esters is 1. The first-order valence-corrected chi connectivity index (χ1v) is 13.5. The maximum absolute atomic E-state index is 13.6. The Morgan fingerprint density at radius 3 is 2.32 bits per heavy atom. The van der Waals surface area contributed by atoms with Crippen molar-refractivity contribution in [2.75, 3.05) is 21.2 Å². The Balaban J connectivity index is 1.94. The monoisotopic (exact) mass is 606 g/mol. The van der Waals surface area contributed by atoms with E-state index >= 15 is 0 Å². The van der Waals surface area contributed by atoms with Crippen molar-refractivity contribution in [3.8, 4) is 6.07 Å². The molecular formula is C32H33F3N6O3+2. The second kappa shape index (κ2) is 12.2. The summed E-state index contributed by atoms with van der Waals surface area (Å²) < 4.78 is 47.5. The maximum atomic E-state index is 13.6. The second-order valence-electron chi connectivity index (χ2n) is 11.1. The van der Waals surface area contributed by atoms with Crippen LogP contribution in [0.2, 0.25) is 0 Å². The lowest BCUT2D eigenvalue weighted by Gasteiger charge is -2.35. The standard InChI is InChI=1S/C32H31F3N6O3/c1-20-27(29(42)44-4)28(40(31(38)43)30(37)39(20)25-12-8-11-24(16-25)32(33,34)35)26-14-13-22(17-36)15-23(26)19-41(2,3)18-21-9-6-5-7-10-21/h5-16,28,37H,18-19H2,1-4H3,(H-,38,43)/p+2/t28-/m1/s1. The Labute approximate surface area is 253 Å². The van der Waals surface area contributed by atoms with E-state index in [2.05, 4.69) is 6.07 Å². The number of quaternary nitrogens is 1. The molecule has 0 spiro atoms. The largest absolute Gasteiger partial charge is 0.465 e. The summed E-state index contributed by atoms with van der Waals surface area (Å²) in [5.74, 6) is -1.14. The van der Waals surface area contributed by atoms with Gasteiger partial charge in [-0.15, -0.1) is 0 Å². The molecule has 0 unspecified atom stereocenters. The zero-order valence-corrected chi connectivity index (χ0v) is 24.7. The summed E-state index contributed by atoms with van der Waals surface area (Å²) in [5.41, 5.74) is 14.0. The molecule has 0 saturated heterocycles. The maximum Gasteiger partial charge on any atom is 0.416 e. The van der Waals surface area contributed by atoms with Crippen LogP contribution in [0.1, 0.15) is 40.8 Å². The van der Waals surface area contributed by atoms with Crippen LogP contribution in [0, 0.1) is 11.3 Å². The van der Waals surface area contributed by atoms with Crippen molar-refractivity contribution in [1.29, 1.82) is 5.26 Å². The van der Waals surface area contributed by atoms with Crippen LogP contribution in [-0.4, -0.2) is 53.1 Å². The molecule has 0 saturated carbocycles. The fraction of sp³-hybridized carbons (Fsp3) is 0.250. The number of rotatable bonds is 7. The molecule has 12 heteroatoms. The number of carbonyl (C=O) groups excluding carboxylic acids is 2. The summed E-state index contributed by atoms with van der Waals surface area (Å²) in [6.07, 6.45) is -4.66. The lowest BCUT2D eigenvalue weighted by atomic mass is 9.89. The van der Waals surface area contributed by atoms with Gasteiger partial charge < -0.3 is 15.0 Å². The minimum Gasteiger partial charge on any atom is -0.465 e. The van der Waals surface area contributed by atoms with Crippen LogP contribution in [0.15, 0.2) is 84.1 Å². The number of hydrogen-bond acceptors (Lipinski definition) is 5. The molecule has 3 aromatic rings. The van der Waals surface area contributed by atoms with Crippen molar-refractivity contribution >= 4 is 23.6 Å². The van der Waals surface area contributed by atoms with Crippen LogP contribution in [0.3, 0.4) is 0 Å². The summed E-state index contributed by atoms with van der Waals surface area (Å²) in [4.78, 5) is 27.5. The number of nitriles is 1. The Morgan fingerprint density at radius 1 is 1.05 bits per heavy atom. The third-order valence-electron chi connectivity index (χ3n) is 7.43. The third-order valence-corrected chi connectivity index (χ3v) is 7.43. The van der Waals surface area contributed by atoms with E-state index in [4.69, 9.17) is 16.2 Å². The Morgan fingerprint density at radius 2 is 1.73 bits per heavy atom. The van der Waals surface area contributed by atoms with Gasteiger partial charge in [-0.1, -0.05) is 42.5 Å². The van der Waals surface area contributed by atoms with Gasteiger partial charge in [0.15, 0.2) is 0 Å². The number of halogens is 3. The molecule has 2 amide bonds. The lowest BCUT2D eigenvalue weighted by Crippen LogP contribution is -2.54. The molecule has 3 aromatic carbocycles. The van der Waals surface area contributed by atoms with Gasteiger partial charge in [0, 0.05) is 16.7 Å². The van der Waals surface area contributed by atoms with E-state index in [9.17, 15) is 28.0 Å². The molecule has 0 fully saturated rings. The molecule has 1 aliphatic heterocycles. The number of alkyl halides is 3. The van der Waals surface area contributed by atoms with Crippen molar-refractivity contribution in [2.24, 2.45) is 11.5 Å². The first kappa shape index (κ1) is 31.8. The number of benzene rings is 3. The van der Waals surface area contributed by atoms with Crippen LogP contribution in [0.4, 0.5) is 23.7 Å². The van der Waals surface area contributed by atoms with Crippen LogP contribution in [0.25, 0.3) is 0 Å². The van der Waals surface area contributed by atoms with Gasteiger partial charge in [0.05, 0.1) is 44.1 Å². The van der Waals surface area contributed by atoms with Crippen molar-refractivity contribution in [1.82, 2.24) is 4.90 Å². The van der Waals surface area contributed by atoms with E-state index < -0.39 is 29.8 Å². The summed E-state index contributed by atoms with van der Waals surface area (Å²) in [5, 5.41) is 9.71. The smallest absolute Gasteiger partial charge is 0.416 e. The van der Waals surface area contributed by atoms with E-state index in [1.807, 2.05) is 44.4 Å². The summed E-state index contributed by atoms with van der Waals surface area (Å²) in [6, 6.07) is 18.9. The molecule has 4 N–H and O–H groups in total. The van der Waals surface area contributed by atoms with Crippen LogP contribution in [0.5, 0.6) is 0 Å². The minimum absolute atomic E-state index is 0.0401. The average molecular weight is 607 g/mol. The number of amides is 2. The summed E-state index contributed by atoms with van der Waals surface area (Å²) in [7, 11) is 5.16. The van der Waals surface area contributed by atoms with E-state index in [1.54, 1.807) is 18.2 Å². The van der Waals surface area contributed by atoms with Crippen molar-refractivity contribution in [2.45, 2.75) is 32.2 Å². The molecule has 4 rings (SSSR count). The fourth-order valence-electron chi connectivity index (χ4n) is 5.58. The van der Waals surface area contributed by atoms with E-state index in [0.717, 1.165) is 29.7 Å². The predicted molar refractivity (Wildman–Crippen MR) is 157 cm³/mol. The fourth-order valence-corrected chi connectivity index (χ4v) is 5.58. The molecule has 44 heavy (non-hydrogen) atoms.